The lowest BCUT2D eigenvalue weighted by Crippen LogP contribution is -2.54. The number of rotatable bonds is 5. The second-order valence-electron chi connectivity index (χ2n) is 5.31. The minimum Gasteiger partial charge on any atom is -0.311 e. The van der Waals surface area contributed by atoms with Gasteiger partial charge in [0.1, 0.15) is 0 Å². The molecule has 0 aliphatic carbocycles. The SMILES string of the molecule is C#CCC(CC)N1CCNC(Cc2ccccc2)C1. The van der Waals surface area contributed by atoms with Gasteiger partial charge in [0.15, 0.2) is 0 Å². The highest BCUT2D eigenvalue weighted by molar-refractivity contribution is 5.16. The molecule has 1 saturated heterocycles. The Morgan fingerprint density at radius 3 is 2.89 bits per heavy atom. The summed E-state index contributed by atoms with van der Waals surface area (Å²) >= 11 is 0. The summed E-state index contributed by atoms with van der Waals surface area (Å²) in [6.07, 6.45) is 8.59. The first kappa shape index (κ1) is 14.1. The van der Waals surface area contributed by atoms with Crippen LogP contribution >= 0.6 is 0 Å². The molecule has 0 bridgehead atoms. The largest absolute Gasteiger partial charge is 0.311 e. The third-order valence-electron chi connectivity index (χ3n) is 3.95. The summed E-state index contributed by atoms with van der Waals surface area (Å²) in [5, 5.41) is 3.63. The molecule has 1 N–H and O–H groups in total. The lowest BCUT2D eigenvalue weighted by Gasteiger charge is -2.38. The molecule has 2 atom stereocenters. The van der Waals surface area contributed by atoms with Gasteiger partial charge in [0.2, 0.25) is 0 Å². The molecule has 102 valence electrons. The van der Waals surface area contributed by atoms with Crippen molar-refractivity contribution < 1.29 is 0 Å². The van der Waals surface area contributed by atoms with Crippen LogP contribution in [0.3, 0.4) is 0 Å². The molecule has 1 heterocycles. The Balaban J connectivity index is 1.92. The summed E-state index contributed by atoms with van der Waals surface area (Å²) in [6, 6.07) is 11.8. The Morgan fingerprint density at radius 1 is 1.42 bits per heavy atom. The molecule has 1 aromatic carbocycles. The first-order valence-electron chi connectivity index (χ1n) is 7.28. The normalized spacial score (nSPS) is 21.8. The summed E-state index contributed by atoms with van der Waals surface area (Å²) in [6.45, 7) is 5.52. The van der Waals surface area contributed by atoms with Gasteiger partial charge in [-0.25, -0.2) is 0 Å². The lowest BCUT2D eigenvalue weighted by atomic mass is 10.0. The van der Waals surface area contributed by atoms with Crippen LogP contribution in [0, 0.1) is 12.3 Å². The molecule has 1 aliphatic rings. The van der Waals surface area contributed by atoms with E-state index < -0.39 is 0 Å². The number of hydrogen-bond acceptors (Lipinski definition) is 2. The minimum absolute atomic E-state index is 0.544. The molecule has 2 nitrogen and oxygen atoms in total. The molecule has 1 fully saturated rings. The van der Waals surface area contributed by atoms with E-state index in [1.807, 2.05) is 0 Å². The Bertz CT molecular complexity index is 407. The average Bonchev–Trinajstić information content (AvgIpc) is 2.46. The van der Waals surface area contributed by atoms with Crippen molar-refractivity contribution in [2.24, 2.45) is 0 Å². The molecule has 19 heavy (non-hydrogen) atoms. The van der Waals surface area contributed by atoms with Crippen molar-refractivity contribution in [2.45, 2.75) is 38.3 Å². The van der Waals surface area contributed by atoms with Gasteiger partial charge in [0.25, 0.3) is 0 Å². The Kier molecular flexibility index (Phi) is 5.44. The van der Waals surface area contributed by atoms with Crippen LogP contribution in [0.15, 0.2) is 30.3 Å². The van der Waals surface area contributed by atoms with Crippen LogP contribution in [0.5, 0.6) is 0 Å². The van der Waals surface area contributed by atoms with E-state index in [4.69, 9.17) is 6.42 Å². The maximum absolute atomic E-state index is 5.48. The van der Waals surface area contributed by atoms with E-state index in [2.05, 4.69) is 53.4 Å². The number of piperazine rings is 1. The maximum Gasteiger partial charge on any atom is 0.0242 e. The van der Waals surface area contributed by atoms with Gasteiger partial charge in [-0.05, 0) is 18.4 Å². The van der Waals surface area contributed by atoms with Crippen molar-refractivity contribution >= 4 is 0 Å². The van der Waals surface area contributed by atoms with Crippen LogP contribution in [-0.2, 0) is 6.42 Å². The van der Waals surface area contributed by atoms with Gasteiger partial charge in [-0.15, -0.1) is 12.3 Å². The molecule has 2 unspecified atom stereocenters. The predicted octanol–water partition coefficient (Wildman–Crippen LogP) is 2.30. The Labute approximate surface area is 117 Å². The summed E-state index contributed by atoms with van der Waals surface area (Å²) in [4.78, 5) is 2.56. The van der Waals surface area contributed by atoms with Crippen molar-refractivity contribution in [3.63, 3.8) is 0 Å². The van der Waals surface area contributed by atoms with Crippen molar-refractivity contribution in [1.82, 2.24) is 10.2 Å². The summed E-state index contributed by atoms with van der Waals surface area (Å²) in [7, 11) is 0. The first-order chi connectivity index (χ1) is 9.33. The van der Waals surface area contributed by atoms with Crippen LogP contribution < -0.4 is 5.32 Å². The van der Waals surface area contributed by atoms with Crippen molar-refractivity contribution in [1.29, 1.82) is 0 Å². The number of benzene rings is 1. The van der Waals surface area contributed by atoms with E-state index in [9.17, 15) is 0 Å². The van der Waals surface area contributed by atoms with Crippen LogP contribution in [0.1, 0.15) is 25.3 Å². The Hall–Kier alpha value is -1.30. The molecule has 0 radical (unpaired) electrons. The number of hydrogen-bond donors (Lipinski definition) is 1. The highest BCUT2D eigenvalue weighted by atomic mass is 15.2. The predicted molar refractivity (Wildman–Crippen MR) is 81.0 cm³/mol. The number of nitrogens with zero attached hydrogens (tertiary/aromatic N) is 1. The Morgan fingerprint density at radius 2 is 2.21 bits per heavy atom. The third-order valence-corrected chi connectivity index (χ3v) is 3.95. The fraction of sp³-hybridized carbons (Fsp3) is 0.529. The van der Waals surface area contributed by atoms with E-state index in [1.54, 1.807) is 0 Å². The van der Waals surface area contributed by atoms with Gasteiger partial charge in [0.05, 0.1) is 0 Å². The monoisotopic (exact) mass is 256 g/mol. The van der Waals surface area contributed by atoms with Crippen molar-refractivity contribution in [3.05, 3.63) is 35.9 Å². The second kappa shape index (κ2) is 7.33. The van der Waals surface area contributed by atoms with E-state index in [1.165, 1.54) is 5.56 Å². The molecule has 0 spiro atoms. The van der Waals surface area contributed by atoms with Gasteiger partial charge in [-0.3, -0.25) is 4.90 Å². The van der Waals surface area contributed by atoms with E-state index in [0.29, 0.717) is 12.1 Å². The molecular weight excluding hydrogens is 232 g/mol. The molecular formula is C17H24N2. The fourth-order valence-corrected chi connectivity index (χ4v) is 2.89. The smallest absolute Gasteiger partial charge is 0.0242 e. The molecule has 1 aromatic rings. The van der Waals surface area contributed by atoms with E-state index in [0.717, 1.165) is 38.9 Å². The highest BCUT2D eigenvalue weighted by Gasteiger charge is 2.24. The highest BCUT2D eigenvalue weighted by Crippen LogP contribution is 2.13. The molecule has 0 amide bonds. The van der Waals surface area contributed by atoms with Gasteiger partial charge in [0, 0.05) is 38.1 Å². The maximum atomic E-state index is 5.48. The number of terminal acetylenes is 1. The van der Waals surface area contributed by atoms with Crippen LogP contribution in [0.4, 0.5) is 0 Å². The van der Waals surface area contributed by atoms with Gasteiger partial charge in [-0.1, -0.05) is 37.3 Å². The van der Waals surface area contributed by atoms with Crippen LogP contribution in [-0.4, -0.2) is 36.6 Å². The zero-order valence-corrected chi connectivity index (χ0v) is 11.8. The standard InChI is InChI=1S/C17H24N2/c1-3-8-17(4-2)19-12-11-18-16(14-19)13-15-9-6-5-7-10-15/h1,5-7,9-10,16-18H,4,8,11-14H2,2H3. The van der Waals surface area contributed by atoms with Crippen LogP contribution in [0.25, 0.3) is 0 Å². The van der Waals surface area contributed by atoms with E-state index >= 15 is 0 Å². The number of nitrogens with one attached hydrogen (secondary N) is 1. The third kappa shape index (κ3) is 4.09. The first-order valence-corrected chi connectivity index (χ1v) is 7.28. The van der Waals surface area contributed by atoms with Crippen molar-refractivity contribution in [3.8, 4) is 12.3 Å². The van der Waals surface area contributed by atoms with Gasteiger partial charge in [-0.2, -0.15) is 0 Å². The molecule has 2 rings (SSSR count). The quantitative estimate of drug-likeness (QED) is 0.813. The second-order valence-corrected chi connectivity index (χ2v) is 5.31. The minimum atomic E-state index is 0.544. The molecule has 2 heteroatoms. The lowest BCUT2D eigenvalue weighted by molar-refractivity contribution is 0.141. The molecule has 0 saturated carbocycles. The zero-order chi connectivity index (χ0) is 13.5. The van der Waals surface area contributed by atoms with Gasteiger partial charge < -0.3 is 5.32 Å². The summed E-state index contributed by atoms with van der Waals surface area (Å²) in [5.74, 6) is 2.82. The van der Waals surface area contributed by atoms with Crippen LogP contribution in [0.2, 0.25) is 0 Å². The average molecular weight is 256 g/mol. The van der Waals surface area contributed by atoms with Crippen molar-refractivity contribution in [2.75, 3.05) is 19.6 Å². The summed E-state index contributed by atoms with van der Waals surface area (Å²) in [5.41, 5.74) is 1.41. The molecule has 0 aromatic heterocycles. The topological polar surface area (TPSA) is 15.3 Å². The van der Waals surface area contributed by atoms with Gasteiger partial charge >= 0.3 is 0 Å². The molecule has 1 aliphatic heterocycles. The fourth-order valence-electron chi connectivity index (χ4n) is 2.89. The van der Waals surface area contributed by atoms with E-state index in [-0.39, 0.29) is 0 Å². The summed E-state index contributed by atoms with van der Waals surface area (Å²) < 4.78 is 0. The zero-order valence-electron chi connectivity index (χ0n) is 11.8.